The van der Waals surface area contributed by atoms with Gasteiger partial charge in [-0.1, -0.05) is 17.8 Å². The van der Waals surface area contributed by atoms with Crippen LogP contribution in [0.3, 0.4) is 0 Å². The molecule has 0 atom stereocenters. The molecular formula is C13H15BrN4OS. The first kappa shape index (κ1) is 14.9. The van der Waals surface area contributed by atoms with Gasteiger partial charge in [0.15, 0.2) is 0 Å². The Kier molecular flexibility index (Phi) is 4.72. The summed E-state index contributed by atoms with van der Waals surface area (Å²) >= 11 is 4.53. The van der Waals surface area contributed by atoms with Gasteiger partial charge in [0.05, 0.1) is 11.4 Å². The van der Waals surface area contributed by atoms with Gasteiger partial charge in [0, 0.05) is 10.2 Å². The number of carbonyl (C=O) groups is 1. The lowest BCUT2D eigenvalue weighted by Gasteiger charge is -2.09. The fraction of sp³-hybridized carbons (Fsp3) is 0.308. The van der Waals surface area contributed by atoms with E-state index in [9.17, 15) is 4.79 Å². The Balaban J connectivity index is 2.23. The first-order chi connectivity index (χ1) is 9.52. The standard InChI is InChI=1S/C13H15BrN4OS/c1-3-4-10-12(20-18-17-10)13(19)16-11-6-9(15)7(2)5-8(11)14/h5-6H,3-4,15H2,1-2H3,(H,16,19). The quantitative estimate of drug-likeness (QED) is 0.824. The molecule has 5 nitrogen and oxygen atoms in total. The average Bonchev–Trinajstić information content (AvgIpc) is 2.84. The number of rotatable bonds is 4. The molecule has 0 bridgehead atoms. The van der Waals surface area contributed by atoms with Crippen LogP contribution in [0.1, 0.15) is 34.3 Å². The summed E-state index contributed by atoms with van der Waals surface area (Å²) in [5.41, 5.74) is 8.85. The molecule has 1 aromatic carbocycles. The minimum absolute atomic E-state index is 0.201. The number of nitrogens with two attached hydrogens (primary N) is 1. The van der Waals surface area contributed by atoms with Crippen molar-refractivity contribution < 1.29 is 4.79 Å². The van der Waals surface area contributed by atoms with Gasteiger partial charge in [-0.05, 0) is 58.5 Å². The molecular weight excluding hydrogens is 340 g/mol. The highest BCUT2D eigenvalue weighted by atomic mass is 79.9. The molecule has 3 N–H and O–H groups in total. The molecule has 0 aliphatic rings. The Morgan fingerprint density at radius 3 is 2.95 bits per heavy atom. The minimum Gasteiger partial charge on any atom is -0.398 e. The van der Waals surface area contributed by atoms with Crippen molar-refractivity contribution in [3.8, 4) is 0 Å². The maximum absolute atomic E-state index is 12.3. The topological polar surface area (TPSA) is 80.9 Å². The van der Waals surface area contributed by atoms with Crippen LogP contribution in [-0.2, 0) is 6.42 Å². The molecule has 0 aliphatic heterocycles. The van der Waals surface area contributed by atoms with Crippen molar-refractivity contribution in [2.24, 2.45) is 0 Å². The number of hydrogen-bond acceptors (Lipinski definition) is 5. The summed E-state index contributed by atoms with van der Waals surface area (Å²) < 4.78 is 4.65. The number of aromatic nitrogens is 2. The summed E-state index contributed by atoms with van der Waals surface area (Å²) in [5, 5.41) is 6.84. The van der Waals surface area contributed by atoms with E-state index in [0.717, 1.165) is 40.1 Å². The number of nitrogens with zero attached hydrogens (tertiary/aromatic N) is 2. The third-order valence-electron chi connectivity index (χ3n) is 2.85. The van der Waals surface area contributed by atoms with Crippen molar-refractivity contribution in [3.63, 3.8) is 0 Å². The average molecular weight is 355 g/mol. The third-order valence-corrected chi connectivity index (χ3v) is 4.28. The predicted octanol–water partition coefficient (Wildman–Crippen LogP) is 3.40. The van der Waals surface area contributed by atoms with E-state index in [4.69, 9.17) is 5.73 Å². The first-order valence-electron chi connectivity index (χ1n) is 6.21. The number of nitrogens with one attached hydrogen (secondary N) is 1. The lowest BCUT2D eigenvalue weighted by molar-refractivity contribution is 0.102. The molecule has 0 radical (unpaired) electrons. The number of aryl methyl sites for hydroxylation is 2. The van der Waals surface area contributed by atoms with Crippen LogP contribution in [0, 0.1) is 6.92 Å². The number of nitrogen functional groups attached to an aromatic ring is 1. The van der Waals surface area contributed by atoms with E-state index in [1.807, 2.05) is 19.9 Å². The van der Waals surface area contributed by atoms with E-state index >= 15 is 0 Å². The van der Waals surface area contributed by atoms with E-state index in [1.165, 1.54) is 0 Å². The Morgan fingerprint density at radius 1 is 1.50 bits per heavy atom. The number of hydrogen-bond donors (Lipinski definition) is 2. The van der Waals surface area contributed by atoms with Crippen LogP contribution in [0.5, 0.6) is 0 Å². The molecule has 0 fully saturated rings. The second-order valence-corrected chi connectivity index (χ2v) is 6.05. The normalized spacial score (nSPS) is 10.6. The molecule has 0 saturated carbocycles. The summed E-state index contributed by atoms with van der Waals surface area (Å²) in [6, 6.07) is 3.62. The molecule has 0 unspecified atom stereocenters. The zero-order chi connectivity index (χ0) is 14.7. The van der Waals surface area contributed by atoms with Crippen LogP contribution in [0.2, 0.25) is 0 Å². The number of carbonyl (C=O) groups excluding carboxylic acids is 1. The summed E-state index contributed by atoms with van der Waals surface area (Å²) in [7, 11) is 0. The minimum atomic E-state index is -0.201. The van der Waals surface area contributed by atoms with E-state index in [-0.39, 0.29) is 5.91 Å². The van der Waals surface area contributed by atoms with Crippen molar-refractivity contribution in [1.82, 2.24) is 9.59 Å². The molecule has 106 valence electrons. The Labute approximate surface area is 129 Å². The maximum Gasteiger partial charge on any atom is 0.269 e. The molecule has 7 heteroatoms. The Hall–Kier alpha value is -1.47. The molecule has 1 aromatic heterocycles. The lowest BCUT2D eigenvalue weighted by Crippen LogP contribution is -2.13. The summed E-state index contributed by atoms with van der Waals surface area (Å²) in [6.45, 7) is 3.95. The molecule has 1 amide bonds. The highest BCUT2D eigenvalue weighted by Gasteiger charge is 2.17. The van der Waals surface area contributed by atoms with Gasteiger partial charge in [0.25, 0.3) is 5.91 Å². The largest absolute Gasteiger partial charge is 0.398 e. The molecule has 0 spiro atoms. The Bertz CT molecular complexity index is 641. The highest BCUT2D eigenvalue weighted by molar-refractivity contribution is 9.10. The van der Waals surface area contributed by atoms with E-state index in [1.54, 1.807) is 6.07 Å². The molecule has 0 saturated heterocycles. The second kappa shape index (κ2) is 6.32. The van der Waals surface area contributed by atoms with E-state index in [2.05, 4.69) is 30.8 Å². The molecule has 2 rings (SSSR count). The number of halogens is 1. The zero-order valence-corrected chi connectivity index (χ0v) is 13.6. The lowest BCUT2D eigenvalue weighted by atomic mass is 10.2. The van der Waals surface area contributed by atoms with Gasteiger partial charge >= 0.3 is 0 Å². The fourth-order valence-corrected chi connectivity index (χ4v) is 2.91. The van der Waals surface area contributed by atoms with Crippen molar-refractivity contribution >= 4 is 44.7 Å². The molecule has 1 heterocycles. The van der Waals surface area contributed by atoms with E-state index in [0.29, 0.717) is 16.3 Å². The number of amides is 1. The van der Waals surface area contributed by atoms with Crippen LogP contribution in [0.25, 0.3) is 0 Å². The monoisotopic (exact) mass is 354 g/mol. The van der Waals surface area contributed by atoms with Gasteiger partial charge in [-0.25, -0.2) is 0 Å². The predicted molar refractivity (Wildman–Crippen MR) is 85.1 cm³/mol. The fourth-order valence-electron chi connectivity index (χ4n) is 1.75. The SMILES string of the molecule is CCCc1nnsc1C(=O)Nc1cc(N)c(C)cc1Br. The van der Waals surface area contributed by atoms with Crippen LogP contribution in [0.4, 0.5) is 11.4 Å². The van der Waals surface area contributed by atoms with Crippen LogP contribution >= 0.6 is 27.5 Å². The second-order valence-electron chi connectivity index (χ2n) is 4.44. The Morgan fingerprint density at radius 2 is 2.25 bits per heavy atom. The van der Waals surface area contributed by atoms with Crippen LogP contribution < -0.4 is 11.1 Å². The highest BCUT2D eigenvalue weighted by Crippen LogP contribution is 2.28. The van der Waals surface area contributed by atoms with Crippen molar-refractivity contribution in [2.45, 2.75) is 26.7 Å². The van der Waals surface area contributed by atoms with Gasteiger partial charge in [0.1, 0.15) is 4.88 Å². The number of benzene rings is 1. The smallest absolute Gasteiger partial charge is 0.269 e. The molecule has 20 heavy (non-hydrogen) atoms. The third kappa shape index (κ3) is 3.16. The molecule has 0 aliphatic carbocycles. The van der Waals surface area contributed by atoms with Crippen molar-refractivity contribution in [2.75, 3.05) is 11.1 Å². The van der Waals surface area contributed by atoms with Gasteiger partial charge in [0.2, 0.25) is 0 Å². The van der Waals surface area contributed by atoms with Crippen LogP contribution in [0.15, 0.2) is 16.6 Å². The number of anilines is 2. The van der Waals surface area contributed by atoms with Gasteiger partial charge < -0.3 is 11.1 Å². The first-order valence-corrected chi connectivity index (χ1v) is 7.77. The summed E-state index contributed by atoms with van der Waals surface area (Å²) in [6.07, 6.45) is 1.67. The van der Waals surface area contributed by atoms with Crippen molar-refractivity contribution in [1.29, 1.82) is 0 Å². The van der Waals surface area contributed by atoms with Crippen LogP contribution in [-0.4, -0.2) is 15.5 Å². The van der Waals surface area contributed by atoms with Crippen molar-refractivity contribution in [3.05, 3.63) is 32.7 Å². The van der Waals surface area contributed by atoms with Gasteiger partial charge in [-0.2, -0.15) is 0 Å². The van der Waals surface area contributed by atoms with Gasteiger partial charge in [-0.3, -0.25) is 4.79 Å². The van der Waals surface area contributed by atoms with E-state index < -0.39 is 0 Å². The maximum atomic E-state index is 12.3. The summed E-state index contributed by atoms with van der Waals surface area (Å²) in [4.78, 5) is 12.8. The zero-order valence-electron chi connectivity index (χ0n) is 11.2. The molecule has 2 aromatic rings. The summed E-state index contributed by atoms with van der Waals surface area (Å²) in [5.74, 6) is -0.201. The van der Waals surface area contributed by atoms with Gasteiger partial charge in [-0.15, -0.1) is 5.10 Å².